The highest BCUT2D eigenvalue weighted by atomic mass is 19.1. The Bertz CT molecular complexity index is 1030. The predicted molar refractivity (Wildman–Crippen MR) is 106 cm³/mol. The molecule has 146 valence electrons. The number of halogens is 1. The Balaban J connectivity index is 1.61. The van der Waals surface area contributed by atoms with E-state index in [2.05, 4.69) is 5.32 Å². The number of esters is 1. The maximum absolute atomic E-state index is 13.6. The summed E-state index contributed by atoms with van der Waals surface area (Å²) in [4.78, 5) is 36.7. The van der Waals surface area contributed by atoms with Crippen molar-refractivity contribution >= 4 is 23.3 Å². The number of nitrogens with one attached hydrogen (secondary N) is 1. The summed E-state index contributed by atoms with van der Waals surface area (Å²) in [6, 6.07) is 21.1. The third-order valence-electron chi connectivity index (χ3n) is 4.14. The molecular formula is C23H18FNO4. The molecule has 0 unspecified atom stereocenters. The second-order valence-corrected chi connectivity index (χ2v) is 6.22. The molecular weight excluding hydrogens is 373 g/mol. The molecule has 0 fully saturated rings. The average Bonchev–Trinajstić information content (AvgIpc) is 2.74. The van der Waals surface area contributed by atoms with Crippen LogP contribution in [0.1, 0.15) is 21.5 Å². The van der Waals surface area contributed by atoms with Crippen LogP contribution in [0.4, 0.5) is 10.1 Å². The van der Waals surface area contributed by atoms with Gasteiger partial charge in [-0.3, -0.25) is 14.4 Å². The van der Waals surface area contributed by atoms with Crippen molar-refractivity contribution in [2.24, 2.45) is 0 Å². The lowest BCUT2D eigenvalue weighted by atomic mass is 10.0. The number of carbonyl (C=O) groups excluding carboxylic acids is 3. The lowest BCUT2D eigenvalue weighted by Gasteiger charge is -2.11. The zero-order valence-electron chi connectivity index (χ0n) is 15.4. The minimum Gasteiger partial charge on any atom is -0.455 e. The van der Waals surface area contributed by atoms with Crippen LogP contribution in [0.3, 0.4) is 0 Å². The van der Waals surface area contributed by atoms with Crippen LogP contribution in [0.15, 0.2) is 78.9 Å². The zero-order valence-corrected chi connectivity index (χ0v) is 15.4. The van der Waals surface area contributed by atoms with E-state index in [0.29, 0.717) is 16.8 Å². The normalized spacial score (nSPS) is 10.2. The second-order valence-electron chi connectivity index (χ2n) is 6.22. The number of ether oxygens (including phenoxy) is 1. The zero-order chi connectivity index (χ0) is 20.6. The van der Waals surface area contributed by atoms with Crippen LogP contribution in [0.2, 0.25) is 0 Å². The first kappa shape index (κ1) is 19.9. The Kier molecular flexibility index (Phi) is 6.47. The summed E-state index contributed by atoms with van der Waals surface area (Å²) in [7, 11) is 0. The smallest absolute Gasteiger partial charge is 0.310 e. The second kappa shape index (κ2) is 9.41. The van der Waals surface area contributed by atoms with Crippen LogP contribution in [-0.4, -0.2) is 24.3 Å². The molecule has 6 heteroatoms. The van der Waals surface area contributed by atoms with Crippen molar-refractivity contribution in [2.75, 3.05) is 11.9 Å². The molecule has 0 bridgehead atoms. The minimum atomic E-state index is -0.723. The predicted octanol–water partition coefficient (Wildman–Crippen LogP) is 3.78. The van der Waals surface area contributed by atoms with Crippen LogP contribution in [0.5, 0.6) is 0 Å². The third-order valence-corrected chi connectivity index (χ3v) is 4.14. The van der Waals surface area contributed by atoms with Gasteiger partial charge >= 0.3 is 5.97 Å². The van der Waals surface area contributed by atoms with Crippen molar-refractivity contribution < 1.29 is 23.5 Å². The van der Waals surface area contributed by atoms with Crippen LogP contribution in [0, 0.1) is 5.82 Å². The van der Waals surface area contributed by atoms with E-state index in [1.54, 1.807) is 60.7 Å². The standard InChI is InChI=1S/C23H18FNO4/c24-19-12-6-4-10-17(19)14-22(27)29-15-21(26)25-20-13-7-5-11-18(20)23(28)16-8-2-1-3-9-16/h1-13H,14-15H2,(H,25,26). The highest BCUT2D eigenvalue weighted by molar-refractivity contribution is 6.13. The summed E-state index contributed by atoms with van der Waals surface area (Å²) in [6.07, 6.45) is -0.275. The van der Waals surface area contributed by atoms with Crippen molar-refractivity contribution in [3.05, 3.63) is 101 Å². The quantitative estimate of drug-likeness (QED) is 0.491. The van der Waals surface area contributed by atoms with Gasteiger partial charge in [0.1, 0.15) is 5.82 Å². The molecule has 0 heterocycles. The largest absolute Gasteiger partial charge is 0.455 e. The van der Waals surface area contributed by atoms with E-state index in [4.69, 9.17) is 4.74 Å². The summed E-state index contributed by atoms with van der Waals surface area (Å²) in [6.45, 7) is -0.541. The number of anilines is 1. The molecule has 0 aliphatic rings. The van der Waals surface area contributed by atoms with E-state index in [-0.39, 0.29) is 17.8 Å². The van der Waals surface area contributed by atoms with Gasteiger partial charge in [-0.25, -0.2) is 4.39 Å². The summed E-state index contributed by atoms with van der Waals surface area (Å²) < 4.78 is 18.5. The maximum Gasteiger partial charge on any atom is 0.310 e. The van der Waals surface area contributed by atoms with E-state index in [9.17, 15) is 18.8 Å². The summed E-state index contributed by atoms with van der Waals surface area (Å²) in [5, 5.41) is 2.58. The van der Waals surface area contributed by atoms with Gasteiger partial charge in [-0.1, -0.05) is 60.7 Å². The Morgan fingerprint density at radius 3 is 2.24 bits per heavy atom. The fraction of sp³-hybridized carbons (Fsp3) is 0.0870. The van der Waals surface area contributed by atoms with Gasteiger partial charge in [0.15, 0.2) is 12.4 Å². The lowest BCUT2D eigenvalue weighted by molar-refractivity contribution is -0.146. The third kappa shape index (κ3) is 5.35. The fourth-order valence-corrected chi connectivity index (χ4v) is 2.72. The first-order valence-corrected chi connectivity index (χ1v) is 8.92. The van der Waals surface area contributed by atoms with Gasteiger partial charge in [0.2, 0.25) is 0 Å². The number of rotatable bonds is 7. The van der Waals surface area contributed by atoms with E-state index >= 15 is 0 Å². The molecule has 0 aromatic heterocycles. The van der Waals surface area contributed by atoms with Crippen molar-refractivity contribution in [1.29, 1.82) is 0 Å². The Labute approximate surface area is 167 Å². The molecule has 3 aromatic rings. The molecule has 0 spiro atoms. The summed E-state index contributed by atoms with van der Waals surface area (Å²) in [5.41, 5.74) is 1.32. The summed E-state index contributed by atoms with van der Waals surface area (Å²) >= 11 is 0. The number of hydrogen-bond acceptors (Lipinski definition) is 4. The van der Waals surface area contributed by atoms with E-state index in [0.717, 1.165) is 0 Å². The Morgan fingerprint density at radius 2 is 1.48 bits per heavy atom. The number of benzene rings is 3. The van der Waals surface area contributed by atoms with Gasteiger partial charge in [0.25, 0.3) is 5.91 Å². The first-order chi connectivity index (χ1) is 14.0. The highest BCUT2D eigenvalue weighted by Gasteiger charge is 2.16. The van der Waals surface area contributed by atoms with Gasteiger partial charge in [-0.05, 0) is 23.8 Å². The molecule has 0 saturated carbocycles. The summed E-state index contributed by atoms with van der Waals surface area (Å²) in [5.74, 6) is -2.07. The van der Waals surface area contributed by atoms with Crippen molar-refractivity contribution in [1.82, 2.24) is 0 Å². The van der Waals surface area contributed by atoms with Crippen molar-refractivity contribution in [3.63, 3.8) is 0 Å². The number of amides is 1. The first-order valence-electron chi connectivity index (χ1n) is 8.92. The lowest BCUT2D eigenvalue weighted by Crippen LogP contribution is -2.23. The molecule has 0 radical (unpaired) electrons. The number of hydrogen-bond donors (Lipinski definition) is 1. The molecule has 3 aromatic carbocycles. The van der Waals surface area contributed by atoms with E-state index in [1.807, 2.05) is 0 Å². The van der Waals surface area contributed by atoms with Gasteiger partial charge < -0.3 is 10.1 Å². The molecule has 0 aliphatic carbocycles. The molecule has 3 rings (SSSR count). The molecule has 0 aliphatic heterocycles. The minimum absolute atomic E-state index is 0.191. The van der Waals surface area contributed by atoms with Gasteiger partial charge in [-0.2, -0.15) is 0 Å². The van der Waals surface area contributed by atoms with Crippen LogP contribution in [0.25, 0.3) is 0 Å². The van der Waals surface area contributed by atoms with Gasteiger partial charge in [-0.15, -0.1) is 0 Å². The molecule has 0 atom stereocenters. The molecule has 5 nitrogen and oxygen atoms in total. The van der Waals surface area contributed by atoms with Crippen LogP contribution in [-0.2, 0) is 20.7 Å². The molecule has 1 N–H and O–H groups in total. The van der Waals surface area contributed by atoms with E-state index < -0.39 is 24.3 Å². The SMILES string of the molecule is O=C(COC(=O)Cc1ccccc1F)Nc1ccccc1C(=O)c1ccccc1. The maximum atomic E-state index is 13.6. The Morgan fingerprint density at radius 1 is 0.828 bits per heavy atom. The molecule has 0 saturated heterocycles. The number of para-hydroxylation sites is 1. The van der Waals surface area contributed by atoms with Crippen LogP contribution < -0.4 is 5.32 Å². The molecule has 29 heavy (non-hydrogen) atoms. The number of ketones is 1. The van der Waals surface area contributed by atoms with Gasteiger partial charge in [0, 0.05) is 11.1 Å². The monoisotopic (exact) mass is 391 g/mol. The fourth-order valence-electron chi connectivity index (χ4n) is 2.72. The average molecular weight is 391 g/mol. The highest BCUT2D eigenvalue weighted by Crippen LogP contribution is 2.19. The van der Waals surface area contributed by atoms with Crippen molar-refractivity contribution in [3.8, 4) is 0 Å². The molecule has 1 amide bonds. The topological polar surface area (TPSA) is 72.5 Å². The van der Waals surface area contributed by atoms with Gasteiger partial charge in [0.05, 0.1) is 12.1 Å². The Hall–Kier alpha value is -3.80. The van der Waals surface area contributed by atoms with E-state index in [1.165, 1.54) is 18.2 Å². The number of carbonyl (C=O) groups is 3. The van der Waals surface area contributed by atoms with Crippen molar-refractivity contribution in [2.45, 2.75) is 6.42 Å². The van der Waals surface area contributed by atoms with Crippen LogP contribution >= 0.6 is 0 Å².